The highest BCUT2D eigenvalue weighted by molar-refractivity contribution is 4.92. The first kappa shape index (κ1) is 10.1. The highest BCUT2D eigenvalue weighted by atomic mass is 16.3. The van der Waals surface area contributed by atoms with Crippen molar-refractivity contribution in [2.75, 3.05) is 19.7 Å². The lowest BCUT2D eigenvalue weighted by Gasteiger charge is -2.30. The quantitative estimate of drug-likeness (QED) is 0.767. The van der Waals surface area contributed by atoms with Crippen LogP contribution >= 0.6 is 0 Å². The first-order valence-electron chi connectivity index (χ1n) is 6.71. The Morgan fingerprint density at radius 1 is 1.13 bits per heavy atom. The molecule has 4 unspecified atom stereocenters. The molecule has 2 bridgehead atoms. The molecule has 0 amide bonds. The van der Waals surface area contributed by atoms with Crippen LogP contribution in [0.15, 0.2) is 0 Å². The van der Waals surface area contributed by atoms with E-state index in [4.69, 9.17) is 0 Å². The molecule has 0 aromatic rings. The molecule has 0 aromatic carbocycles. The molecule has 0 spiro atoms. The van der Waals surface area contributed by atoms with E-state index >= 15 is 0 Å². The van der Waals surface area contributed by atoms with Gasteiger partial charge >= 0.3 is 0 Å². The number of hydrogen-bond acceptors (Lipinski definition) is 2. The summed E-state index contributed by atoms with van der Waals surface area (Å²) in [4.78, 5) is 2.56. The fourth-order valence-corrected chi connectivity index (χ4v) is 4.24. The second-order valence-corrected chi connectivity index (χ2v) is 5.91. The molecule has 86 valence electrons. The molecule has 3 rings (SSSR count). The average Bonchev–Trinajstić information content (AvgIpc) is 2.92. The van der Waals surface area contributed by atoms with Gasteiger partial charge in [-0.25, -0.2) is 0 Å². The van der Waals surface area contributed by atoms with Crippen LogP contribution < -0.4 is 0 Å². The summed E-state index contributed by atoms with van der Waals surface area (Å²) in [7, 11) is 0. The summed E-state index contributed by atoms with van der Waals surface area (Å²) in [6, 6.07) is 0.490. The summed E-state index contributed by atoms with van der Waals surface area (Å²) >= 11 is 0. The number of rotatable bonds is 3. The molecule has 0 aromatic heterocycles. The molecular formula is C13H23NO. The fraction of sp³-hybridized carbons (Fsp3) is 1.00. The Morgan fingerprint density at radius 3 is 2.73 bits per heavy atom. The third-order valence-corrected chi connectivity index (χ3v) is 5.06. The van der Waals surface area contributed by atoms with E-state index in [0.717, 1.165) is 17.8 Å². The van der Waals surface area contributed by atoms with Gasteiger partial charge in [0.15, 0.2) is 0 Å². The summed E-state index contributed by atoms with van der Waals surface area (Å²) in [5.74, 6) is 3.07. The minimum Gasteiger partial charge on any atom is -0.395 e. The second-order valence-electron chi connectivity index (χ2n) is 5.91. The Balaban J connectivity index is 1.56. The van der Waals surface area contributed by atoms with Gasteiger partial charge in [-0.2, -0.15) is 0 Å². The van der Waals surface area contributed by atoms with Gasteiger partial charge < -0.3 is 5.11 Å². The molecule has 15 heavy (non-hydrogen) atoms. The SMILES string of the molecule is OCC1CCCN1CC1CC2CCC1C2. The Bertz CT molecular complexity index is 227. The molecule has 2 aliphatic carbocycles. The van der Waals surface area contributed by atoms with E-state index in [0.29, 0.717) is 12.6 Å². The van der Waals surface area contributed by atoms with Gasteiger partial charge in [-0.05, 0) is 56.4 Å². The van der Waals surface area contributed by atoms with Crippen molar-refractivity contribution in [3.05, 3.63) is 0 Å². The standard InChI is InChI=1S/C13H23NO/c15-9-13-2-1-5-14(13)8-12-7-10-3-4-11(12)6-10/h10-13,15H,1-9H2. The monoisotopic (exact) mass is 209 g/mol. The van der Waals surface area contributed by atoms with E-state index < -0.39 is 0 Å². The maximum atomic E-state index is 9.30. The van der Waals surface area contributed by atoms with Gasteiger partial charge in [-0.1, -0.05) is 6.42 Å². The van der Waals surface area contributed by atoms with Crippen LogP contribution in [0.3, 0.4) is 0 Å². The Hall–Kier alpha value is -0.0800. The van der Waals surface area contributed by atoms with E-state index in [1.165, 1.54) is 51.6 Å². The molecule has 1 heterocycles. The zero-order valence-corrected chi connectivity index (χ0v) is 9.57. The minimum atomic E-state index is 0.376. The lowest BCUT2D eigenvalue weighted by atomic mass is 9.88. The Kier molecular flexibility index (Phi) is 2.73. The fourth-order valence-electron chi connectivity index (χ4n) is 4.24. The van der Waals surface area contributed by atoms with Crippen LogP contribution in [0.25, 0.3) is 0 Å². The van der Waals surface area contributed by atoms with Crippen molar-refractivity contribution >= 4 is 0 Å². The summed E-state index contributed by atoms with van der Waals surface area (Å²) < 4.78 is 0. The lowest BCUT2D eigenvalue weighted by Crippen LogP contribution is -2.37. The van der Waals surface area contributed by atoms with Crippen LogP contribution in [0, 0.1) is 17.8 Å². The van der Waals surface area contributed by atoms with Crippen LogP contribution in [-0.4, -0.2) is 35.7 Å². The van der Waals surface area contributed by atoms with Crippen LogP contribution in [0.5, 0.6) is 0 Å². The zero-order valence-electron chi connectivity index (χ0n) is 9.57. The van der Waals surface area contributed by atoms with E-state index in [1.54, 1.807) is 0 Å². The van der Waals surface area contributed by atoms with Gasteiger partial charge in [0.25, 0.3) is 0 Å². The second kappa shape index (κ2) is 4.06. The summed E-state index contributed by atoms with van der Waals surface area (Å²) in [5.41, 5.74) is 0. The van der Waals surface area contributed by atoms with E-state index in [1.807, 2.05) is 0 Å². The highest BCUT2D eigenvalue weighted by Gasteiger charge is 2.41. The molecule has 1 aliphatic heterocycles. The van der Waals surface area contributed by atoms with Crippen molar-refractivity contribution in [2.24, 2.45) is 17.8 Å². The van der Waals surface area contributed by atoms with Crippen LogP contribution in [0.1, 0.15) is 38.5 Å². The molecule has 1 N–H and O–H groups in total. The number of aliphatic hydroxyl groups excluding tert-OH is 1. The molecule has 3 aliphatic rings. The molecule has 2 saturated carbocycles. The molecule has 2 heteroatoms. The van der Waals surface area contributed by atoms with E-state index in [2.05, 4.69) is 4.90 Å². The number of nitrogens with zero attached hydrogens (tertiary/aromatic N) is 1. The van der Waals surface area contributed by atoms with Crippen LogP contribution in [-0.2, 0) is 0 Å². The maximum absolute atomic E-state index is 9.30. The van der Waals surface area contributed by atoms with Crippen LogP contribution in [0.4, 0.5) is 0 Å². The van der Waals surface area contributed by atoms with Gasteiger partial charge in [0, 0.05) is 12.6 Å². The number of hydrogen-bond donors (Lipinski definition) is 1. The number of likely N-dealkylation sites (tertiary alicyclic amines) is 1. The van der Waals surface area contributed by atoms with Gasteiger partial charge in [0.2, 0.25) is 0 Å². The van der Waals surface area contributed by atoms with Crippen molar-refractivity contribution in [1.29, 1.82) is 0 Å². The third kappa shape index (κ3) is 1.83. The Labute approximate surface area is 92.7 Å². The maximum Gasteiger partial charge on any atom is 0.0586 e. The highest BCUT2D eigenvalue weighted by Crippen LogP contribution is 2.48. The van der Waals surface area contributed by atoms with Crippen molar-refractivity contribution in [3.8, 4) is 0 Å². The van der Waals surface area contributed by atoms with Crippen molar-refractivity contribution in [2.45, 2.75) is 44.6 Å². The molecule has 1 saturated heterocycles. The molecule has 0 radical (unpaired) electrons. The topological polar surface area (TPSA) is 23.5 Å². The van der Waals surface area contributed by atoms with Gasteiger partial charge in [0.1, 0.15) is 0 Å². The minimum absolute atomic E-state index is 0.376. The summed E-state index contributed by atoms with van der Waals surface area (Å²) in [6.45, 7) is 2.90. The lowest BCUT2D eigenvalue weighted by molar-refractivity contribution is 0.127. The zero-order chi connectivity index (χ0) is 10.3. The first-order chi connectivity index (χ1) is 7.36. The Morgan fingerprint density at radius 2 is 2.07 bits per heavy atom. The summed E-state index contributed by atoms with van der Waals surface area (Å²) in [5, 5.41) is 9.30. The molecule has 4 atom stereocenters. The normalized spacial score (nSPS) is 45.4. The van der Waals surface area contributed by atoms with Gasteiger partial charge in [-0.3, -0.25) is 4.90 Å². The number of aliphatic hydroxyl groups is 1. The average molecular weight is 209 g/mol. The van der Waals surface area contributed by atoms with E-state index in [9.17, 15) is 5.11 Å². The van der Waals surface area contributed by atoms with Crippen molar-refractivity contribution < 1.29 is 5.11 Å². The largest absolute Gasteiger partial charge is 0.395 e. The number of fused-ring (bicyclic) bond motifs is 2. The molecular weight excluding hydrogens is 186 g/mol. The first-order valence-corrected chi connectivity index (χ1v) is 6.71. The predicted octanol–water partition coefficient (Wildman–Crippen LogP) is 1.88. The predicted molar refractivity (Wildman–Crippen MR) is 60.6 cm³/mol. The molecule has 3 fully saturated rings. The van der Waals surface area contributed by atoms with Crippen molar-refractivity contribution in [3.63, 3.8) is 0 Å². The van der Waals surface area contributed by atoms with Crippen molar-refractivity contribution in [1.82, 2.24) is 4.90 Å². The third-order valence-electron chi connectivity index (χ3n) is 5.06. The molecule has 2 nitrogen and oxygen atoms in total. The van der Waals surface area contributed by atoms with E-state index in [-0.39, 0.29) is 0 Å². The van der Waals surface area contributed by atoms with Gasteiger partial charge in [-0.15, -0.1) is 0 Å². The van der Waals surface area contributed by atoms with Gasteiger partial charge in [0.05, 0.1) is 6.61 Å². The summed E-state index contributed by atoms with van der Waals surface area (Å²) in [6.07, 6.45) is 8.52. The van der Waals surface area contributed by atoms with Crippen LogP contribution in [0.2, 0.25) is 0 Å². The smallest absolute Gasteiger partial charge is 0.0586 e.